The van der Waals surface area contributed by atoms with Gasteiger partial charge in [-0.1, -0.05) is 0 Å². The Kier molecular flexibility index (Phi) is 6.13. The van der Waals surface area contributed by atoms with Crippen LogP contribution in [0.2, 0.25) is 0 Å². The van der Waals surface area contributed by atoms with E-state index in [0.717, 1.165) is 12.1 Å². The monoisotopic (exact) mass is 467 g/mol. The zero-order valence-electron chi connectivity index (χ0n) is 18.4. The largest absolute Gasteiger partial charge is 0.496 e. The van der Waals surface area contributed by atoms with Crippen molar-refractivity contribution in [2.45, 2.75) is 0 Å². The van der Waals surface area contributed by atoms with Gasteiger partial charge in [0, 0.05) is 29.4 Å². The number of benzene rings is 2. The number of ether oxygens (including phenoxy) is 4. The van der Waals surface area contributed by atoms with E-state index in [-0.39, 0.29) is 28.3 Å². The van der Waals surface area contributed by atoms with E-state index in [2.05, 4.69) is 9.97 Å². The molecule has 4 rings (SSSR count). The normalized spacial score (nSPS) is 10.7. The minimum absolute atomic E-state index is 0.0129. The summed E-state index contributed by atoms with van der Waals surface area (Å²) in [7, 11) is 4.29. The molecule has 0 saturated carbocycles. The first-order valence-electron chi connectivity index (χ1n) is 9.88. The van der Waals surface area contributed by atoms with Crippen molar-refractivity contribution in [2.24, 2.45) is 5.73 Å². The molecule has 2 heterocycles. The lowest BCUT2D eigenvalue weighted by Crippen LogP contribution is -2.15. The molecule has 0 radical (unpaired) electrons. The quantitative estimate of drug-likeness (QED) is 0.427. The topological polar surface area (TPSA) is 106 Å². The van der Waals surface area contributed by atoms with Crippen LogP contribution in [0.1, 0.15) is 10.4 Å². The van der Waals surface area contributed by atoms with Gasteiger partial charge < -0.3 is 24.7 Å². The van der Waals surface area contributed by atoms with Crippen molar-refractivity contribution in [3.8, 4) is 40.0 Å². The van der Waals surface area contributed by atoms with Gasteiger partial charge in [-0.15, -0.1) is 0 Å². The third-order valence-corrected chi connectivity index (χ3v) is 5.07. The Balaban J connectivity index is 1.80. The van der Waals surface area contributed by atoms with Crippen molar-refractivity contribution in [3.05, 3.63) is 66.0 Å². The zero-order chi connectivity index (χ0) is 24.4. The van der Waals surface area contributed by atoms with Crippen LogP contribution in [0.25, 0.3) is 22.2 Å². The molecule has 2 aromatic heterocycles. The highest BCUT2D eigenvalue weighted by Crippen LogP contribution is 2.39. The second-order valence-electron chi connectivity index (χ2n) is 7.01. The van der Waals surface area contributed by atoms with Crippen molar-refractivity contribution in [1.29, 1.82) is 0 Å². The number of carbonyl (C=O) groups excluding carboxylic acids is 1. The van der Waals surface area contributed by atoms with E-state index in [1.54, 1.807) is 12.1 Å². The molecule has 0 unspecified atom stereocenters. The minimum atomic E-state index is -1.01. The molecular weight excluding hydrogens is 448 g/mol. The van der Waals surface area contributed by atoms with Gasteiger partial charge in [0.2, 0.25) is 0 Å². The number of fused-ring (bicyclic) bond motifs is 1. The molecule has 0 aliphatic heterocycles. The number of halogens is 2. The summed E-state index contributed by atoms with van der Waals surface area (Å²) in [6, 6.07) is 8.11. The molecule has 2 aromatic carbocycles. The van der Waals surface area contributed by atoms with Gasteiger partial charge in [-0.05, 0) is 30.3 Å². The van der Waals surface area contributed by atoms with Gasteiger partial charge in [-0.3, -0.25) is 14.8 Å². The standard InChI is InChI=1S/C24H19F2N3O5/c1-31-18-5-7-29-22(21(18)24(27)30)12-8-14(25)23(15(26)9-12)34-17-4-6-28-16-11-20(33-3)19(32-2)10-13(16)17/h4-11H,1-3H3,(H2,27,30). The van der Waals surface area contributed by atoms with E-state index in [1.165, 1.54) is 45.9 Å². The van der Waals surface area contributed by atoms with Crippen molar-refractivity contribution in [3.63, 3.8) is 0 Å². The van der Waals surface area contributed by atoms with Crippen molar-refractivity contribution in [1.82, 2.24) is 9.97 Å². The average molecular weight is 467 g/mol. The maximum Gasteiger partial charge on any atom is 0.254 e. The fraction of sp³-hybridized carbons (Fsp3) is 0.125. The fourth-order valence-electron chi connectivity index (χ4n) is 3.51. The van der Waals surface area contributed by atoms with Gasteiger partial charge in [0.25, 0.3) is 5.91 Å². The summed E-state index contributed by atoms with van der Waals surface area (Å²) >= 11 is 0. The second kappa shape index (κ2) is 9.18. The summed E-state index contributed by atoms with van der Waals surface area (Å²) in [5.74, 6) is -2.41. The number of hydrogen-bond donors (Lipinski definition) is 1. The molecule has 8 nitrogen and oxygen atoms in total. The number of nitrogens with zero attached hydrogens (tertiary/aromatic N) is 2. The molecular formula is C24H19F2N3O5. The predicted octanol–water partition coefficient (Wildman–Crippen LogP) is 4.49. The molecule has 0 bridgehead atoms. The molecule has 1 amide bonds. The summed E-state index contributed by atoms with van der Waals surface area (Å²) in [6.07, 6.45) is 2.78. The van der Waals surface area contributed by atoms with E-state index in [4.69, 9.17) is 24.7 Å². The van der Waals surface area contributed by atoms with E-state index >= 15 is 8.78 Å². The number of amides is 1. The lowest BCUT2D eigenvalue weighted by Gasteiger charge is -2.14. The maximum absolute atomic E-state index is 15.1. The average Bonchev–Trinajstić information content (AvgIpc) is 2.84. The lowest BCUT2D eigenvalue weighted by molar-refractivity contribution is 0.0997. The highest BCUT2D eigenvalue weighted by atomic mass is 19.1. The zero-order valence-corrected chi connectivity index (χ0v) is 18.4. The summed E-state index contributed by atoms with van der Waals surface area (Å²) in [5, 5.41) is 0.452. The number of methoxy groups -OCH3 is 3. The molecule has 4 aromatic rings. The van der Waals surface area contributed by atoms with Crippen LogP contribution in [-0.2, 0) is 0 Å². The maximum atomic E-state index is 15.1. The van der Waals surface area contributed by atoms with Crippen LogP contribution in [-0.4, -0.2) is 37.2 Å². The first-order valence-corrected chi connectivity index (χ1v) is 9.88. The summed E-state index contributed by atoms with van der Waals surface area (Å²) in [4.78, 5) is 20.2. The highest BCUT2D eigenvalue weighted by Gasteiger charge is 2.22. The number of primary amides is 1. The van der Waals surface area contributed by atoms with E-state index in [9.17, 15) is 4.79 Å². The van der Waals surface area contributed by atoms with Crippen LogP contribution in [0.15, 0.2) is 48.8 Å². The molecule has 0 spiro atoms. The van der Waals surface area contributed by atoms with Crippen LogP contribution in [0.5, 0.6) is 28.7 Å². The SMILES string of the molecule is COc1cc2nccc(Oc3c(F)cc(-c4nccc(OC)c4C(N)=O)cc3F)c2cc1OC. The van der Waals surface area contributed by atoms with Crippen LogP contribution in [0.3, 0.4) is 0 Å². The second-order valence-corrected chi connectivity index (χ2v) is 7.01. The van der Waals surface area contributed by atoms with E-state index in [1.807, 2.05) is 0 Å². The Labute approximate surface area is 192 Å². The number of pyridine rings is 2. The molecule has 10 heteroatoms. The first kappa shape index (κ1) is 22.7. The number of nitrogens with two attached hydrogens (primary N) is 1. The van der Waals surface area contributed by atoms with Gasteiger partial charge in [0.15, 0.2) is 28.9 Å². The Hall–Kier alpha value is -4.47. The van der Waals surface area contributed by atoms with Crippen molar-refractivity contribution < 1.29 is 32.5 Å². The smallest absolute Gasteiger partial charge is 0.254 e. The Morgan fingerprint density at radius 1 is 0.824 bits per heavy atom. The Morgan fingerprint density at radius 2 is 1.41 bits per heavy atom. The van der Waals surface area contributed by atoms with Gasteiger partial charge in [0.1, 0.15) is 17.1 Å². The summed E-state index contributed by atoms with van der Waals surface area (Å²) < 4.78 is 51.4. The van der Waals surface area contributed by atoms with Crippen molar-refractivity contribution >= 4 is 16.8 Å². The van der Waals surface area contributed by atoms with Gasteiger partial charge in [0.05, 0.1) is 32.5 Å². The molecule has 0 saturated heterocycles. The van der Waals surface area contributed by atoms with E-state index in [0.29, 0.717) is 22.4 Å². The number of carbonyl (C=O) groups is 1. The van der Waals surface area contributed by atoms with Crippen LogP contribution in [0, 0.1) is 11.6 Å². The van der Waals surface area contributed by atoms with Crippen LogP contribution in [0.4, 0.5) is 8.78 Å². The number of rotatable bonds is 7. The molecule has 2 N–H and O–H groups in total. The van der Waals surface area contributed by atoms with Crippen LogP contribution < -0.4 is 24.7 Å². The summed E-state index contributed by atoms with van der Waals surface area (Å²) in [6.45, 7) is 0. The first-order chi connectivity index (χ1) is 16.4. The van der Waals surface area contributed by atoms with Gasteiger partial charge in [-0.25, -0.2) is 8.78 Å². The molecule has 0 fully saturated rings. The molecule has 0 atom stereocenters. The summed E-state index contributed by atoms with van der Waals surface area (Å²) in [5.41, 5.74) is 5.77. The van der Waals surface area contributed by atoms with Crippen molar-refractivity contribution in [2.75, 3.05) is 21.3 Å². The van der Waals surface area contributed by atoms with Gasteiger partial charge >= 0.3 is 0 Å². The molecule has 0 aliphatic rings. The molecule has 34 heavy (non-hydrogen) atoms. The Bertz CT molecular complexity index is 1390. The third kappa shape index (κ3) is 4.01. The Morgan fingerprint density at radius 3 is 2.03 bits per heavy atom. The van der Waals surface area contributed by atoms with E-state index < -0.39 is 23.3 Å². The third-order valence-electron chi connectivity index (χ3n) is 5.07. The predicted molar refractivity (Wildman–Crippen MR) is 120 cm³/mol. The number of aromatic nitrogens is 2. The number of hydrogen-bond acceptors (Lipinski definition) is 7. The van der Waals surface area contributed by atoms with Crippen LogP contribution >= 0.6 is 0 Å². The minimum Gasteiger partial charge on any atom is -0.496 e. The molecule has 174 valence electrons. The fourth-order valence-corrected chi connectivity index (χ4v) is 3.51. The highest BCUT2D eigenvalue weighted by molar-refractivity contribution is 6.01. The molecule has 0 aliphatic carbocycles. The van der Waals surface area contributed by atoms with Gasteiger partial charge in [-0.2, -0.15) is 0 Å². The lowest BCUT2D eigenvalue weighted by atomic mass is 10.0.